The van der Waals surface area contributed by atoms with Gasteiger partial charge in [0.05, 0.1) is 7.11 Å². The van der Waals surface area contributed by atoms with Crippen LogP contribution in [0.25, 0.3) is 5.57 Å². The normalized spacial score (nSPS) is 14.3. The number of pyridine rings is 1. The lowest BCUT2D eigenvalue weighted by Crippen LogP contribution is -2.34. The van der Waals surface area contributed by atoms with Crippen molar-refractivity contribution in [1.82, 2.24) is 9.88 Å². The van der Waals surface area contributed by atoms with Gasteiger partial charge in [0.25, 0.3) is 5.91 Å². The molecule has 0 saturated heterocycles. The van der Waals surface area contributed by atoms with Crippen molar-refractivity contribution in [3.05, 3.63) is 65.0 Å². The zero-order valence-corrected chi connectivity index (χ0v) is 13.6. The number of ether oxygens (including phenoxy) is 1. The first-order chi connectivity index (χ1) is 11.2. The second-order valence-electron chi connectivity index (χ2n) is 5.33. The molecule has 0 bridgehead atoms. The van der Waals surface area contributed by atoms with Crippen molar-refractivity contribution in [2.24, 2.45) is 0 Å². The molecule has 0 unspecified atom stereocenters. The standard InChI is InChI=1S/C18H17ClN2O2/c1-23-16-4-2-13(3-5-16)14-7-10-21(11-8-14)18(22)15-6-9-20-17(19)12-15/h2-7,9,12H,8,10-11H2,1H3. The molecule has 118 valence electrons. The topological polar surface area (TPSA) is 42.4 Å². The lowest BCUT2D eigenvalue weighted by Gasteiger charge is -2.26. The molecule has 1 amide bonds. The van der Waals surface area contributed by atoms with Crippen molar-refractivity contribution >= 4 is 23.1 Å². The molecule has 1 aromatic heterocycles. The maximum Gasteiger partial charge on any atom is 0.254 e. The molecule has 0 aliphatic carbocycles. The molecule has 5 heteroatoms. The summed E-state index contributed by atoms with van der Waals surface area (Å²) < 4.78 is 5.18. The van der Waals surface area contributed by atoms with E-state index in [4.69, 9.17) is 16.3 Å². The molecule has 23 heavy (non-hydrogen) atoms. The van der Waals surface area contributed by atoms with Gasteiger partial charge in [0.1, 0.15) is 10.9 Å². The summed E-state index contributed by atoms with van der Waals surface area (Å²) in [7, 11) is 1.66. The number of benzene rings is 1. The molecule has 2 heterocycles. The maximum atomic E-state index is 12.5. The number of rotatable bonds is 3. The second kappa shape index (κ2) is 6.84. The zero-order valence-electron chi connectivity index (χ0n) is 12.8. The van der Waals surface area contributed by atoms with Crippen molar-refractivity contribution in [3.63, 3.8) is 0 Å². The maximum absolute atomic E-state index is 12.5. The molecule has 0 radical (unpaired) electrons. The molecule has 0 saturated carbocycles. The van der Waals surface area contributed by atoms with Crippen LogP contribution in [0.3, 0.4) is 0 Å². The number of hydrogen-bond donors (Lipinski definition) is 0. The Hall–Kier alpha value is -2.33. The molecular weight excluding hydrogens is 312 g/mol. The van der Waals surface area contributed by atoms with Crippen LogP contribution in [0.1, 0.15) is 22.3 Å². The quantitative estimate of drug-likeness (QED) is 0.807. The van der Waals surface area contributed by atoms with Gasteiger partial charge in [-0.15, -0.1) is 0 Å². The van der Waals surface area contributed by atoms with Crippen molar-refractivity contribution in [1.29, 1.82) is 0 Å². The summed E-state index contributed by atoms with van der Waals surface area (Å²) in [6.45, 7) is 1.29. The average Bonchev–Trinajstić information content (AvgIpc) is 2.61. The van der Waals surface area contributed by atoms with Gasteiger partial charge >= 0.3 is 0 Å². The lowest BCUT2D eigenvalue weighted by molar-refractivity contribution is 0.0773. The summed E-state index contributed by atoms with van der Waals surface area (Å²) in [6, 6.07) is 11.3. The Morgan fingerprint density at radius 3 is 2.65 bits per heavy atom. The Balaban J connectivity index is 1.71. The minimum Gasteiger partial charge on any atom is -0.497 e. The third kappa shape index (κ3) is 3.54. The van der Waals surface area contributed by atoms with Gasteiger partial charge in [0, 0.05) is 24.8 Å². The molecule has 0 atom stereocenters. The molecule has 1 aliphatic heterocycles. The van der Waals surface area contributed by atoms with Gasteiger partial charge in [-0.2, -0.15) is 0 Å². The van der Waals surface area contributed by atoms with Crippen LogP contribution in [0.5, 0.6) is 5.75 Å². The van der Waals surface area contributed by atoms with Gasteiger partial charge in [0.2, 0.25) is 0 Å². The SMILES string of the molecule is COc1ccc(C2=CCN(C(=O)c3ccnc(Cl)c3)CC2)cc1. The van der Waals surface area contributed by atoms with Crippen molar-refractivity contribution in [3.8, 4) is 5.75 Å². The number of amides is 1. The summed E-state index contributed by atoms with van der Waals surface area (Å²) in [5.74, 6) is 0.830. The number of carbonyl (C=O) groups excluding carboxylic acids is 1. The molecule has 0 N–H and O–H groups in total. The summed E-state index contributed by atoms with van der Waals surface area (Å²) in [6.07, 6.45) is 4.49. The fourth-order valence-corrected chi connectivity index (χ4v) is 2.81. The largest absolute Gasteiger partial charge is 0.497 e. The van der Waals surface area contributed by atoms with Gasteiger partial charge < -0.3 is 9.64 Å². The van der Waals surface area contributed by atoms with E-state index in [1.165, 1.54) is 11.1 Å². The molecule has 4 nitrogen and oxygen atoms in total. The average molecular weight is 329 g/mol. The molecule has 3 rings (SSSR count). The van der Waals surface area contributed by atoms with Gasteiger partial charge in [-0.1, -0.05) is 29.8 Å². The molecule has 2 aromatic rings. The first-order valence-electron chi connectivity index (χ1n) is 7.41. The summed E-state index contributed by atoms with van der Waals surface area (Å²) in [4.78, 5) is 18.2. The number of carbonyl (C=O) groups is 1. The van der Waals surface area contributed by atoms with Gasteiger partial charge in [-0.05, 0) is 41.8 Å². The van der Waals surface area contributed by atoms with Crippen LogP contribution >= 0.6 is 11.6 Å². The minimum atomic E-state index is -0.0145. The van der Waals surface area contributed by atoms with E-state index in [-0.39, 0.29) is 5.91 Å². The lowest BCUT2D eigenvalue weighted by atomic mass is 9.99. The number of methoxy groups -OCH3 is 1. The molecule has 0 spiro atoms. The van der Waals surface area contributed by atoms with E-state index >= 15 is 0 Å². The van der Waals surface area contributed by atoms with E-state index in [1.807, 2.05) is 29.2 Å². The number of hydrogen-bond acceptors (Lipinski definition) is 3. The predicted molar refractivity (Wildman–Crippen MR) is 90.7 cm³/mol. The Bertz CT molecular complexity index is 741. The fourth-order valence-electron chi connectivity index (χ4n) is 2.64. The zero-order chi connectivity index (χ0) is 16.2. The third-order valence-electron chi connectivity index (χ3n) is 3.93. The second-order valence-corrected chi connectivity index (χ2v) is 5.71. The summed E-state index contributed by atoms with van der Waals surface area (Å²) in [5, 5.41) is 0.335. The van der Waals surface area contributed by atoms with E-state index in [1.54, 1.807) is 25.4 Å². The third-order valence-corrected chi connectivity index (χ3v) is 4.14. The smallest absolute Gasteiger partial charge is 0.254 e. The molecule has 1 aliphatic rings. The first kappa shape index (κ1) is 15.6. The van der Waals surface area contributed by atoms with Crippen LogP contribution in [0.15, 0.2) is 48.7 Å². The van der Waals surface area contributed by atoms with Crippen molar-refractivity contribution < 1.29 is 9.53 Å². The van der Waals surface area contributed by atoms with E-state index in [0.29, 0.717) is 23.8 Å². The highest BCUT2D eigenvalue weighted by Gasteiger charge is 2.19. The van der Waals surface area contributed by atoms with Crippen LogP contribution in [-0.4, -0.2) is 36.0 Å². The molecular formula is C18H17ClN2O2. The van der Waals surface area contributed by atoms with Gasteiger partial charge in [0.15, 0.2) is 0 Å². The van der Waals surface area contributed by atoms with Crippen LogP contribution < -0.4 is 4.74 Å². The number of nitrogens with zero attached hydrogens (tertiary/aromatic N) is 2. The molecule has 1 aromatic carbocycles. The Morgan fingerprint density at radius 2 is 2.04 bits per heavy atom. The predicted octanol–water partition coefficient (Wildman–Crippen LogP) is 3.67. The fraction of sp³-hybridized carbons (Fsp3) is 0.222. The first-order valence-corrected chi connectivity index (χ1v) is 7.79. The van der Waals surface area contributed by atoms with Gasteiger partial charge in [-0.3, -0.25) is 4.79 Å². The van der Waals surface area contributed by atoms with Crippen LogP contribution in [-0.2, 0) is 0 Å². The van der Waals surface area contributed by atoms with E-state index in [9.17, 15) is 4.79 Å². The van der Waals surface area contributed by atoms with E-state index in [2.05, 4.69) is 11.1 Å². The minimum absolute atomic E-state index is 0.0145. The van der Waals surface area contributed by atoms with E-state index < -0.39 is 0 Å². The van der Waals surface area contributed by atoms with Crippen LogP contribution in [0, 0.1) is 0 Å². The van der Waals surface area contributed by atoms with Crippen molar-refractivity contribution in [2.45, 2.75) is 6.42 Å². The monoisotopic (exact) mass is 328 g/mol. The summed E-state index contributed by atoms with van der Waals surface area (Å²) >= 11 is 5.85. The van der Waals surface area contributed by atoms with E-state index in [0.717, 1.165) is 12.2 Å². The Morgan fingerprint density at radius 1 is 1.26 bits per heavy atom. The number of halogens is 1. The van der Waals surface area contributed by atoms with Crippen LogP contribution in [0.4, 0.5) is 0 Å². The number of aromatic nitrogens is 1. The highest BCUT2D eigenvalue weighted by Crippen LogP contribution is 2.25. The highest BCUT2D eigenvalue weighted by molar-refractivity contribution is 6.29. The van der Waals surface area contributed by atoms with Crippen molar-refractivity contribution in [2.75, 3.05) is 20.2 Å². The van der Waals surface area contributed by atoms with Gasteiger partial charge in [-0.25, -0.2) is 4.98 Å². The van der Waals surface area contributed by atoms with Crippen LogP contribution in [0.2, 0.25) is 5.15 Å². The molecule has 0 fully saturated rings. The summed E-state index contributed by atoms with van der Waals surface area (Å²) in [5.41, 5.74) is 3.00. The highest BCUT2D eigenvalue weighted by atomic mass is 35.5. The Labute approximate surface area is 140 Å². The Kier molecular flexibility index (Phi) is 4.63.